The Balaban J connectivity index is 0.910. The van der Waals surface area contributed by atoms with Crippen molar-refractivity contribution in [2.45, 2.75) is 62.9 Å². The normalized spacial score (nSPS) is 21.4. The van der Waals surface area contributed by atoms with Gasteiger partial charge >= 0.3 is 0 Å². The van der Waals surface area contributed by atoms with Crippen LogP contribution in [0.15, 0.2) is 60.7 Å². The lowest BCUT2D eigenvalue weighted by Gasteiger charge is -2.37. The van der Waals surface area contributed by atoms with Gasteiger partial charge in [0.25, 0.3) is 0 Å². The Morgan fingerprint density at radius 1 is 0.933 bits per heavy atom. The molecule has 9 nitrogen and oxygen atoms in total. The van der Waals surface area contributed by atoms with Crippen LogP contribution in [0.3, 0.4) is 0 Å². The summed E-state index contributed by atoms with van der Waals surface area (Å²) < 4.78 is 24.0. The van der Waals surface area contributed by atoms with Crippen molar-refractivity contribution in [3.05, 3.63) is 66.2 Å². The number of aromatic amines is 1. The highest BCUT2D eigenvalue weighted by Gasteiger charge is 2.34. The summed E-state index contributed by atoms with van der Waals surface area (Å²) in [4.78, 5) is 5.85. The SMILES string of the molecule is COc1cc(CCO[C@H]2CCCC[C@H]2N2CCC(O)C2)ccc1OCCNCC(O)COc1cccc2[nH]c3ccccc3c12. The molecule has 242 valence electrons. The van der Waals surface area contributed by atoms with Crippen LogP contribution in [0.5, 0.6) is 17.2 Å². The first-order chi connectivity index (χ1) is 22.1. The predicted molar refractivity (Wildman–Crippen MR) is 177 cm³/mol. The lowest BCUT2D eigenvalue weighted by atomic mass is 9.91. The molecule has 1 saturated carbocycles. The van der Waals surface area contributed by atoms with E-state index in [0.717, 1.165) is 71.9 Å². The van der Waals surface area contributed by atoms with Gasteiger partial charge in [0.1, 0.15) is 25.1 Å². The molecule has 1 aromatic heterocycles. The van der Waals surface area contributed by atoms with Gasteiger partial charge in [0, 0.05) is 48.5 Å². The number of rotatable bonds is 15. The van der Waals surface area contributed by atoms with Crippen LogP contribution in [-0.4, -0.2) is 97.6 Å². The average molecular weight is 618 g/mol. The van der Waals surface area contributed by atoms with Gasteiger partial charge in [0.2, 0.25) is 0 Å². The standard InChI is InChI=1S/C36H47N3O6/c1-42-35-21-25(16-19-43-32-11-5-4-10-31(32)39-18-15-26(40)23-39)13-14-33(35)44-20-17-37-22-27(41)24-45-34-12-6-9-30-36(34)28-7-2-3-8-29(28)38-30/h2-3,6-9,12-14,21,26-27,31-32,37-38,40-41H,4-5,10-11,15-20,22-24H2,1H3/t26?,27?,31-,32+/m1/s1. The number of hydrogen-bond donors (Lipinski definition) is 4. The fraction of sp³-hybridized carbons (Fsp3) is 0.500. The molecule has 1 aliphatic heterocycles. The molecule has 3 aromatic carbocycles. The van der Waals surface area contributed by atoms with Crippen molar-refractivity contribution in [1.82, 2.24) is 15.2 Å². The zero-order valence-corrected chi connectivity index (χ0v) is 26.2. The second-order valence-corrected chi connectivity index (χ2v) is 12.3. The highest BCUT2D eigenvalue weighted by Crippen LogP contribution is 2.33. The number of hydrogen-bond acceptors (Lipinski definition) is 8. The van der Waals surface area contributed by atoms with E-state index in [0.29, 0.717) is 43.8 Å². The third-order valence-corrected chi connectivity index (χ3v) is 9.12. The van der Waals surface area contributed by atoms with E-state index in [1.807, 2.05) is 42.5 Å². The lowest BCUT2D eigenvalue weighted by molar-refractivity contribution is -0.0316. The third kappa shape index (κ3) is 7.91. The summed E-state index contributed by atoms with van der Waals surface area (Å²) in [6.07, 6.45) is 5.75. The van der Waals surface area contributed by atoms with Crippen LogP contribution in [-0.2, 0) is 11.2 Å². The molecule has 1 saturated heterocycles. The number of aliphatic hydroxyl groups is 2. The first kappa shape index (κ1) is 31.6. The predicted octanol–water partition coefficient (Wildman–Crippen LogP) is 4.67. The van der Waals surface area contributed by atoms with Crippen molar-refractivity contribution < 1.29 is 29.2 Å². The van der Waals surface area contributed by atoms with Gasteiger partial charge in [-0.1, -0.05) is 43.2 Å². The van der Waals surface area contributed by atoms with Crippen molar-refractivity contribution in [3.8, 4) is 17.2 Å². The third-order valence-electron chi connectivity index (χ3n) is 9.12. The maximum Gasteiger partial charge on any atom is 0.161 e. The van der Waals surface area contributed by atoms with Gasteiger partial charge in [-0.3, -0.25) is 4.90 Å². The van der Waals surface area contributed by atoms with Gasteiger partial charge in [0.05, 0.1) is 31.4 Å². The number of benzene rings is 3. The molecule has 2 unspecified atom stereocenters. The van der Waals surface area contributed by atoms with Crippen molar-refractivity contribution in [1.29, 1.82) is 0 Å². The monoisotopic (exact) mass is 617 g/mol. The summed E-state index contributed by atoms with van der Waals surface area (Å²) in [5.74, 6) is 2.16. The molecular formula is C36H47N3O6. The highest BCUT2D eigenvalue weighted by molar-refractivity contribution is 6.10. The van der Waals surface area contributed by atoms with Gasteiger partial charge < -0.3 is 39.5 Å². The zero-order valence-electron chi connectivity index (χ0n) is 26.2. The number of aromatic nitrogens is 1. The zero-order chi connectivity index (χ0) is 31.0. The van der Waals surface area contributed by atoms with E-state index in [2.05, 4.69) is 33.4 Å². The number of para-hydroxylation sites is 1. The molecule has 0 amide bonds. The first-order valence-corrected chi connectivity index (χ1v) is 16.4. The second kappa shape index (κ2) is 15.3. The Bertz CT molecular complexity index is 1530. The van der Waals surface area contributed by atoms with Crippen LogP contribution in [0.1, 0.15) is 37.7 Å². The Kier molecular flexibility index (Phi) is 10.8. The summed E-state index contributed by atoms with van der Waals surface area (Å²) >= 11 is 0. The molecule has 0 bridgehead atoms. The van der Waals surface area contributed by atoms with Crippen LogP contribution in [0.2, 0.25) is 0 Å². The number of nitrogens with one attached hydrogen (secondary N) is 2. The highest BCUT2D eigenvalue weighted by atomic mass is 16.5. The fourth-order valence-corrected chi connectivity index (χ4v) is 6.81. The van der Waals surface area contributed by atoms with Crippen molar-refractivity contribution in [2.75, 3.05) is 53.1 Å². The summed E-state index contributed by atoms with van der Waals surface area (Å²) in [6.45, 7) is 4.00. The van der Waals surface area contributed by atoms with Crippen molar-refractivity contribution in [3.63, 3.8) is 0 Å². The quantitative estimate of drug-likeness (QED) is 0.143. The minimum Gasteiger partial charge on any atom is -0.493 e. The lowest BCUT2D eigenvalue weighted by Crippen LogP contribution is -2.46. The van der Waals surface area contributed by atoms with Gasteiger partial charge in [-0.25, -0.2) is 0 Å². The van der Waals surface area contributed by atoms with Gasteiger partial charge in [0.15, 0.2) is 11.5 Å². The Hall–Kier alpha value is -3.34. The maximum absolute atomic E-state index is 10.5. The minimum absolute atomic E-state index is 0.189. The topological polar surface area (TPSA) is 108 Å². The van der Waals surface area contributed by atoms with E-state index < -0.39 is 6.10 Å². The molecule has 45 heavy (non-hydrogen) atoms. The maximum atomic E-state index is 10.5. The van der Waals surface area contributed by atoms with E-state index in [-0.39, 0.29) is 18.8 Å². The van der Waals surface area contributed by atoms with Crippen LogP contribution in [0.25, 0.3) is 21.8 Å². The minimum atomic E-state index is -0.660. The van der Waals surface area contributed by atoms with E-state index in [1.54, 1.807) is 7.11 Å². The number of nitrogens with zero attached hydrogens (tertiary/aromatic N) is 1. The molecule has 2 aliphatic rings. The van der Waals surface area contributed by atoms with E-state index in [9.17, 15) is 10.2 Å². The van der Waals surface area contributed by atoms with E-state index in [4.69, 9.17) is 18.9 Å². The Morgan fingerprint density at radius 2 is 1.80 bits per heavy atom. The molecule has 2 heterocycles. The number of β-amino-alcohol motifs (C(OH)–C–C–N with tert-alkyl or cyclic N) is 1. The van der Waals surface area contributed by atoms with Crippen molar-refractivity contribution >= 4 is 21.8 Å². The fourth-order valence-electron chi connectivity index (χ4n) is 6.81. The van der Waals surface area contributed by atoms with Gasteiger partial charge in [-0.15, -0.1) is 0 Å². The number of ether oxygens (including phenoxy) is 4. The van der Waals surface area contributed by atoms with Crippen LogP contribution >= 0.6 is 0 Å². The largest absolute Gasteiger partial charge is 0.493 e. The second-order valence-electron chi connectivity index (χ2n) is 12.3. The molecule has 2 fully saturated rings. The number of H-pyrrole nitrogens is 1. The van der Waals surface area contributed by atoms with Crippen LogP contribution in [0.4, 0.5) is 0 Å². The average Bonchev–Trinajstić information content (AvgIpc) is 3.68. The molecular weight excluding hydrogens is 570 g/mol. The Labute approximate surface area is 265 Å². The van der Waals surface area contributed by atoms with Gasteiger partial charge in [-0.2, -0.15) is 0 Å². The van der Waals surface area contributed by atoms with Crippen LogP contribution in [0, 0.1) is 0 Å². The number of likely N-dealkylation sites (tertiary alicyclic amines) is 1. The number of methoxy groups -OCH3 is 1. The van der Waals surface area contributed by atoms with E-state index in [1.165, 1.54) is 12.8 Å². The smallest absolute Gasteiger partial charge is 0.161 e. The molecule has 4 atom stereocenters. The molecule has 0 spiro atoms. The van der Waals surface area contributed by atoms with Crippen LogP contribution < -0.4 is 19.5 Å². The number of aliphatic hydroxyl groups excluding tert-OH is 2. The molecule has 1 aliphatic carbocycles. The summed E-state index contributed by atoms with van der Waals surface area (Å²) in [5, 5.41) is 25.9. The molecule has 9 heteroatoms. The molecule has 4 N–H and O–H groups in total. The summed E-state index contributed by atoms with van der Waals surface area (Å²) in [6, 6.07) is 20.6. The summed E-state index contributed by atoms with van der Waals surface area (Å²) in [5.41, 5.74) is 3.23. The molecule has 6 rings (SSSR count). The van der Waals surface area contributed by atoms with E-state index >= 15 is 0 Å². The number of fused-ring (bicyclic) bond motifs is 3. The Morgan fingerprint density at radius 3 is 2.67 bits per heavy atom. The van der Waals surface area contributed by atoms with Gasteiger partial charge in [-0.05, 0) is 61.6 Å². The molecule has 0 radical (unpaired) electrons. The summed E-state index contributed by atoms with van der Waals surface area (Å²) in [7, 11) is 1.66. The van der Waals surface area contributed by atoms with Crippen molar-refractivity contribution in [2.24, 2.45) is 0 Å². The first-order valence-electron chi connectivity index (χ1n) is 16.4. The molecule has 4 aromatic rings.